The van der Waals surface area contributed by atoms with Crippen LogP contribution >= 0.6 is 0 Å². The summed E-state index contributed by atoms with van der Waals surface area (Å²) in [5.74, 6) is -0.238. The van der Waals surface area contributed by atoms with Crippen LogP contribution in [0.5, 0.6) is 0 Å². The molecule has 4 nitrogen and oxygen atoms in total. The first-order valence-corrected chi connectivity index (χ1v) is 8.45. The highest BCUT2D eigenvalue weighted by atomic mass is 16.2. The van der Waals surface area contributed by atoms with Crippen LogP contribution in [-0.4, -0.2) is 17.9 Å². The van der Waals surface area contributed by atoms with Gasteiger partial charge in [0.25, 0.3) is 5.91 Å². The summed E-state index contributed by atoms with van der Waals surface area (Å²) < 4.78 is 0. The number of hydrogen-bond donors (Lipinski definition) is 1. The number of carbonyl (C=O) groups excluding carboxylic acids is 2. The molecule has 0 aromatic heterocycles. The lowest BCUT2D eigenvalue weighted by Gasteiger charge is -2.17. The maximum atomic E-state index is 12.7. The fraction of sp³-hybridized carbons (Fsp3) is 0.300. The number of hydrogen-bond acceptors (Lipinski definition) is 2. The van der Waals surface area contributed by atoms with E-state index in [1.54, 1.807) is 0 Å². The van der Waals surface area contributed by atoms with Gasteiger partial charge >= 0.3 is 0 Å². The highest BCUT2D eigenvalue weighted by Gasteiger charge is 2.43. The molecular formula is C20H23N2O2+. The van der Waals surface area contributed by atoms with Crippen LogP contribution in [0.25, 0.3) is 0 Å². The van der Waals surface area contributed by atoms with E-state index in [0.29, 0.717) is 5.69 Å². The third-order valence-corrected chi connectivity index (χ3v) is 4.63. The summed E-state index contributed by atoms with van der Waals surface area (Å²) in [5, 5.41) is 2.00. The van der Waals surface area contributed by atoms with Gasteiger partial charge in [-0.15, -0.1) is 0 Å². The molecule has 3 rings (SSSR count). The largest absolute Gasteiger partial charge is 0.330 e. The number of rotatable bonds is 5. The Labute approximate surface area is 142 Å². The normalized spacial score (nSPS) is 18.9. The molecule has 1 fully saturated rings. The number of nitrogens with two attached hydrogens (primary N) is 1. The highest BCUT2D eigenvalue weighted by molar-refractivity contribution is 6.21. The summed E-state index contributed by atoms with van der Waals surface area (Å²) >= 11 is 0. The molecule has 2 aromatic rings. The summed E-state index contributed by atoms with van der Waals surface area (Å²) in [5.41, 5.74) is 3.02. The second kappa shape index (κ2) is 6.97. The van der Waals surface area contributed by atoms with Crippen LogP contribution in [0.15, 0.2) is 54.6 Å². The molecule has 2 atom stereocenters. The molecule has 1 aliphatic heterocycles. The number of aryl methyl sites for hydroxylation is 1. The third-order valence-electron chi connectivity index (χ3n) is 4.63. The van der Waals surface area contributed by atoms with Gasteiger partial charge in [-0.2, -0.15) is 0 Å². The monoisotopic (exact) mass is 323 g/mol. The van der Waals surface area contributed by atoms with Gasteiger partial charge in [-0.3, -0.25) is 9.59 Å². The van der Waals surface area contributed by atoms with Crippen molar-refractivity contribution in [3.8, 4) is 0 Å². The fourth-order valence-electron chi connectivity index (χ4n) is 3.17. The molecule has 124 valence electrons. The van der Waals surface area contributed by atoms with E-state index in [4.69, 9.17) is 0 Å². The number of imide groups is 1. The molecule has 0 aliphatic carbocycles. The molecule has 2 aromatic carbocycles. The maximum absolute atomic E-state index is 12.7. The van der Waals surface area contributed by atoms with Gasteiger partial charge < -0.3 is 5.32 Å². The average Bonchev–Trinajstić information content (AvgIpc) is 2.89. The van der Waals surface area contributed by atoms with Crippen LogP contribution < -0.4 is 10.2 Å². The smallest absolute Gasteiger partial charge is 0.292 e. The molecule has 1 aliphatic rings. The number of nitrogens with zero attached hydrogens (tertiary/aromatic N) is 1. The van der Waals surface area contributed by atoms with Gasteiger partial charge in [0.1, 0.15) is 6.04 Å². The van der Waals surface area contributed by atoms with Crippen LogP contribution in [0.2, 0.25) is 0 Å². The van der Waals surface area contributed by atoms with Crippen molar-refractivity contribution in [3.05, 3.63) is 65.7 Å². The van der Waals surface area contributed by atoms with E-state index in [-0.39, 0.29) is 30.3 Å². The molecule has 0 radical (unpaired) electrons. The number of anilines is 1. The van der Waals surface area contributed by atoms with E-state index < -0.39 is 0 Å². The predicted molar refractivity (Wildman–Crippen MR) is 93.5 cm³/mol. The van der Waals surface area contributed by atoms with Crippen LogP contribution in [0.4, 0.5) is 5.69 Å². The molecular weight excluding hydrogens is 300 g/mol. The van der Waals surface area contributed by atoms with Crippen molar-refractivity contribution in [2.45, 2.75) is 38.8 Å². The summed E-state index contributed by atoms with van der Waals surface area (Å²) in [6.07, 6.45) is 1.19. The molecule has 0 bridgehead atoms. The van der Waals surface area contributed by atoms with Crippen LogP contribution in [0, 0.1) is 0 Å². The lowest BCUT2D eigenvalue weighted by atomic mass is 10.1. The zero-order chi connectivity index (χ0) is 17.1. The van der Waals surface area contributed by atoms with E-state index >= 15 is 0 Å². The average molecular weight is 323 g/mol. The van der Waals surface area contributed by atoms with Gasteiger partial charge in [-0.25, -0.2) is 4.90 Å². The van der Waals surface area contributed by atoms with Gasteiger partial charge in [0.15, 0.2) is 6.04 Å². The topological polar surface area (TPSA) is 54.0 Å². The number of benzene rings is 2. The standard InChI is InChI=1S/C20H22N2O2/c1-3-15-9-11-17(12-10-15)22-19(23)13-18(20(22)24)21-14(2)16-7-5-4-6-8-16/h4-12,14,18,21H,3,13H2,1-2H3/p+1/t14-,18-/m0/s1. The van der Waals surface area contributed by atoms with E-state index in [0.717, 1.165) is 12.0 Å². The first-order chi connectivity index (χ1) is 11.6. The molecule has 0 unspecified atom stereocenters. The number of carbonyl (C=O) groups is 2. The Hall–Kier alpha value is -2.46. The molecule has 0 saturated carbocycles. The number of amides is 2. The van der Waals surface area contributed by atoms with Crippen LogP contribution in [-0.2, 0) is 16.0 Å². The molecule has 2 amide bonds. The Balaban J connectivity index is 1.74. The summed E-state index contributed by atoms with van der Waals surface area (Å²) in [7, 11) is 0. The van der Waals surface area contributed by atoms with Gasteiger partial charge in [-0.1, -0.05) is 49.4 Å². The second-order valence-corrected chi connectivity index (χ2v) is 6.29. The first kappa shape index (κ1) is 16.4. The Morgan fingerprint density at radius 3 is 2.38 bits per heavy atom. The Kier molecular flexibility index (Phi) is 4.76. The zero-order valence-corrected chi connectivity index (χ0v) is 14.1. The molecule has 1 heterocycles. The van der Waals surface area contributed by atoms with E-state index in [1.165, 1.54) is 10.5 Å². The van der Waals surface area contributed by atoms with E-state index in [9.17, 15) is 9.59 Å². The lowest BCUT2D eigenvalue weighted by Crippen LogP contribution is -2.91. The van der Waals surface area contributed by atoms with E-state index in [1.807, 2.05) is 59.9 Å². The van der Waals surface area contributed by atoms with Crippen LogP contribution in [0.3, 0.4) is 0 Å². The van der Waals surface area contributed by atoms with Crippen molar-refractivity contribution in [3.63, 3.8) is 0 Å². The van der Waals surface area contributed by atoms with Gasteiger partial charge in [-0.05, 0) is 31.0 Å². The Bertz CT molecular complexity index is 725. The van der Waals surface area contributed by atoms with Gasteiger partial charge in [0.05, 0.1) is 12.1 Å². The maximum Gasteiger partial charge on any atom is 0.292 e. The fourth-order valence-corrected chi connectivity index (χ4v) is 3.17. The highest BCUT2D eigenvalue weighted by Crippen LogP contribution is 2.22. The van der Waals surface area contributed by atoms with Crippen molar-refractivity contribution >= 4 is 17.5 Å². The summed E-state index contributed by atoms with van der Waals surface area (Å²) in [6, 6.07) is 17.5. The lowest BCUT2D eigenvalue weighted by molar-refractivity contribution is -0.711. The Morgan fingerprint density at radius 2 is 1.75 bits per heavy atom. The minimum Gasteiger partial charge on any atom is -0.330 e. The van der Waals surface area contributed by atoms with Crippen molar-refractivity contribution < 1.29 is 14.9 Å². The molecule has 0 spiro atoms. The second-order valence-electron chi connectivity index (χ2n) is 6.29. The van der Waals surface area contributed by atoms with Crippen molar-refractivity contribution in [1.82, 2.24) is 0 Å². The Morgan fingerprint density at radius 1 is 1.08 bits per heavy atom. The molecule has 2 N–H and O–H groups in total. The predicted octanol–water partition coefficient (Wildman–Crippen LogP) is 2.21. The first-order valence-electron chi connectivity index (χ1n) is 8.45. The summed E-state index contributed by atoms with van der Waals surface area (Å²) in [4.78, 5) is 26.4. The molecule has 1 saturated heterocycles. The molecule has 24 heavy (non-hydrogen) atoms. The van der Waals surface area contributed by atoms with Crippen molar-refractivity contribution in [1.29, 1.82) is 0 Å². The van der Waals surface area contributed by atoms with E-state index in [2.05, 4.69) is 13.8 Å². The van der Waals surface area contributed by atoms with Crippen LogP contribution in [0.1, 0.15) is 37.4 Å². The number of quaternary nitrogens is 1. The van der Waals surface area contributed by atoms with Gasteiger partial charge in [0.2, 0.25) is 5.91 Å². The third kappa shape index (κ3) is 3.24. The summed E-state index contributed by atoms with van der Waals surface area (Å²) in [6.45, 7) is 4.14. The minimum absolute atomic E-state index is 0.118. The van der Waals surface area contributed by atoms with Crippen molar-refractivity contribution in [2.75, 3.05) is 4.90 Å². The van der Waals surface area contributed by atoms with Crippen molar-refractivity contribution in [2.24, 2.45) is 0 Å². The zero-order valence-electron chi connectivity index (χ0n) is 14.1. The minimum atomic E-state index is -0.349. The van der Waals surface area contributed by atoms with Gasteiger partial charge in [0, 0.05) is 5.56 Å². The molecule has 4 heteroatoms. The SMILES string of the molecule is CCc1ccc(N2C(=O)C[C@H]([NH2+][C@@H](C)c3ccccc3)C2=O)cc1. The quantitative estimate of drug-likeness (QED) is 0.858.